The molecule has 0 amide bonds. The molecule has 0 atom stereocenters. The Morgan fingerprint density at radius 2 is 2.33 bits per heavy atom. The van der Waals surface area contributed by atoms with Gasteiger partial charge in [-0.15, -0.1) is 6.42 Å². The molecule has 0 spiro atoms. The molecule has 2 rings (SSSR count). The van der Waals surface area contributed by atoms with Gasteiger partial charge in [0.25, 0.3) is 0 Å². The van der Waals surface area contributed by atoms with Gasteiger partial charge in [-0.25, -0.2) is 4.98 Å². The normalized spacial score (nSPS) is 10.0. The van der Waals surface area contributed by atoms with Crippen molar-refractivity contribution in [3.8, 4) is 12.3 Å². The maximum absolute atomic E-state index is 5.79. The number of rotatable bonds is 0. The lowest BCUT2D eigenvalue weighted by Crippen LogP contribution is -1.86. The highest BCUT2D eigenvalue weighted by Crippen LogP contribution is 2.11. The van der Waals surface area contributed by atoms with Crippen molar-refractivity contribution in [1.29, 1.82) is 0 Å². The van der Waals surface area contributed by atoms with Gasteiger partial charge >= 0.3 is 0 Å². The average Bonchev–Trinajstić information content (AvgIpc) is 2.46. The third kappa shape index (κ3) is 0.956. The number of nitrogens with zero attached hydrogens (tertiary/aromatic N) is 2. The highest BCUT2D eigenvalue weighted by Gasteiger charge is 1.99. The first-order valence-electron chi connectivity index (χ1n) is 3.40. The summed E-state index contributed by atoms with van der Waals surface area (Å²) in [5.41, 5.74) is 1.53. The minimum absolute atomic E-state index is 0.650. The minimum Gasteiger partial charge on any atom is -0.292 e. The van der Waals surface area contributed by atoms with E-state index in [0.717, 1.165) is 5.65 Å². The summed E-state index contributed by atoms with van der Waals surface area (Å²) in [7, 11) is 0. The molecule has 0 unspecified atom stereocenters. The van der Waals surface area contributed by atoms with Crippen LogP contribution in [0.25, 0.3) is 5.65 Å². The third-order valence-electron chi connectivity index (χ3n) is 1.62. The van der Waals surface area contributed by atoms with Crippen LogP contribution >= 0.6 is 11.6 Å². The predicted octanol–water partition coefficient (Wildman–Crippen LogP) is 1.97. The number of terminal acetylenes is 1. The van der Waals surface area contributed by atoms with Gasteiger partial charge in [-0.2, -0.15) is 0 Å². The first-order chi connectivity index (χ1) is 5.81. The van der Waals surface area contributed by atoms with Gasteiger partial charge in [0.05, 0.1) is 11.2 Å². The van der Waals surface area contributed by atoms with E-state index in [-0.39, 0.29) is 0 Å². The summed E-state index contributed by atoms with van der Waals surface area (Å²) < 4.78 is 1.78. The van der Waals surface area contributed by atoms with Crippen LogP contribution in [-0.4, -0.2) is 9.38 Å². The molecule has 2 heterocycles. The molecular formula is C9H5ClN2. The predicted molar refractivity (Wildman–Crippen MR) is 48.1 cm³/mol. The van der Waals surface area contributed by atoms with E-state index in [1.165, 1.54) is 0 Å². The number of halogens is 1. The molecule has 2 aromatic rings. The molecule has 2 nitrogen and oxygen atoms in total. The van der Waals surface area contributed by atoms with Gasteiger partial charge in [0, 0.05) is 6.20 Å². The van der Waals surface area contributed by atoms with E-state index >= 15 is 0 Å². The Morgan fingerprint density at radius 1 is 1.50 bits per heavy atom. The molecule has 0 aromatic carbocycles. The topological polar surface area (TPSA) is 17.3 Å². The van der Waals surface area contributed by atoms with E-state index in [1.807, 2.05) is 6.07 Å². The second kappa shape index (κ2) is 2.54. The summed E-state index contributed by atoms with van der Waals surface area (Å²) >= 11 is 5.79. The van der Waals surface area contributed by atoms with Gasteiger partial charge in [-0.3, -0.25) is 4.40 Å². The van der Waals surface area contributed by atoms with Crippen molar-refractivity contribution in [2.45, 2.75) is 0 Å². The lowest BCUT2D eigenvalue weighted by Gasteiger charge is -1.94. The highest BCUT2D eigenvalue weighted by atomic mass is 35.5. The lowest BCUT2D eigenvalue weighted by atomic mass is 10.4. The Labute approximate surface area is 74.8 Å². The van der Waals surface area contributed by atoms with Gasteiger partial charge in [0.2, 0.25) is 0 Å². The number of hydrogen-bond acceptors (Lipinski definition) is 1. The molecule has 0 saturated heterocycles. The van der Waals surface area contributed by atoms with Crippen molar-refractivity contribution < 1.29 is 0 Å². The summed E-state index contributed by atoms with van der Waals surface area (Å²) in [5, 5.41) is 0.650. The van der Waals surface area contributed by atoms with Gasteiger partial charge in [-0.05, 0) is 12.1 Å². The van der Waals surface area contributed by atoms with Crippen LogP contribution in [0.15, 0.2) is 24.5 Å². The summed E-state index contributed by atoms with van der Waals surface area (Å²) in [6, 6.07) is 3.60. The van der Waals surface area contributed by atoms with Crippen molar-refractivity contribution in [2.24, 2.45) is 0 Å². The van der Waals surface area contributed by atoms with E-state index in [4.69, 9.17) is 18.0 Å². The summed E-state index contributed by atoms with van der Waals surface area (Å²) in [6.45, 7) is 0. The maximum atomic E-state index is 5.79. The van der Waals surface area contributed by atoms with Crippen molar-refractivity contribution in [3.63, 3.8) is 0 Å². The Kier molecular flexibility index (Phi) is 1.53. The summed E-state index contributed by atoms with van der Waals surface area (Å²) in [6.07, 6.45) is 8.65. The zero-order valence-corrected chi connectivity index (χ0v) is 6.92. The van der Waals surface area contributed by atoms with Crippen molar-refractivity contribution in [3.05, 3.63) is 35.2 Å². The monoisotopic (exact) mass is 176 g/mol. The van der Waals surface area contributed by atoms with E-state index in [0.29, 0.717) is 10.7 Å². The first kappa shape index (κ1) is 7.20. The first-order valence-corrected chi connectivity index (χ1v) is 3.78. The zero-order valence-electron chi connectivity index (χ0n) is 6.16. The number of imidazole rings is 1. The van der Waals surface area contributed by atoms with Crippen LogP contribution in [0.2, 0.25) is 5.02 Å². The zero-order chi connectivity index (χ0) is 8.55. The van der Waals surface area contributed by atoms with E-state index in [9.17, 15) is 0 Å². The smallest absolute Gasteiger partial charge is 0.137 e. The largest absolute Gasteiger partial charge is 0.292 e. The van der Waals surface area contributed by atoms with Gasteiger partial charge in [0.1, 0.15) is 11.3 Å². The fourth-order valence-corrected chi connectivity index (χ4v) is 1.22. The third-order valence-corrected chi connectivity index (χ3v) is 1.84. The van der Waals surface area contributed by atoms with Gasteiger partial charge < -0.3 is 0 Å². The van der Waals surface area contributed by atoms with Crippen molar-refractivity contribution in [1.82, 2.24) is 9.38 Å². The van der Waals surface area contributed by atoms with Crippen molar-refractivity contribution in [2.75, 3.05) is 0 Å². The fraction of sp³-hybridized carbons (Fsp3) is 0. The SMILES string of the molecule is C#Cc1cnc2ccc(Cl)cn12. The lowest BCUT2D eigenvalue weighted by molar-refractivity contribution is 1.16. The van der Waals surface area contributed by atoms with Crippen LogP contribution in [0, 0.1) is 12.3 Å². The molecule has 58 valence electrons. The Hall–Kier alpha value is -1.46. The molecule has 0 aliphatic heterocycles. The summed E-state index contributed by atoms with van der Waals surface area (Å²) in [4.78, 5) is 4.09. The van der Waals surface area contributed by atoms with E-state index in [2.05, 4.69) is 10.9 Å². The molecule has 12 heavy (non-hydrogen) atoms. The van der Waals surface area contributed by atoms with Crippen molar-refractivity contribution >= 4 is 17.2 Å². The molecular weight excluding hydrogens is 172 g/mol. The van der Waals surface area contributed by atoms with Crippen LogP contribution in [0.4, 0.5) is 0 Å². The fourth-order valence-electron chi connectivity index (χ4n) is 1.06. The minimum atomic E-state index is 0.650. The van der Waals surface area contributed by atoms with Gasteiger partial charge in [0.15, 0.2) is 0 Å². The second-order valence-corrected chi connectivity index (χ2v) is 2.80. The Bertz CT molecular complexity index is 465. The van der Waals surface area contributed by atoms with Crippen LogP contribution < -0.4 is 0 Å². The standard InChI is InChI=1S/C9H5ClN2/c1-2-8-5-11-9-4-3-7(10)6-12(8)9/h1,3-6H. The van der Waals surface area contributed by atoms with Crippen LogP contribution in [0.5, 0.6) is 0 Å². The number of aromatic nitrogens is 2. The quantitative estimate of drug-likeness (QED) is 0.561. The highest BCUT2D eigenvalue weighted by molar-refractivity contribution is 6.30. The average molecular weight is 177 g/mol. The molecule has 3 heteroatoms. The van der Waals surface area contributed by atoms with Crippen LogP contribution in [-0.2, 0) is 0 Å². The van der Waals surface area contributed by atoms with Gasteiger partial charge in [-0.1, -0.05) is 17.5 Å². The molecule has 0 N–H and O–H groups in total. The number of pyridine rings is 1. The van der Waals surface area contributed by atoms with Crippen LogP contribution in [0.3, 0.4) is 0 Å². The molecule has 2 aromatic heterocycles. The molecule has 0 bridgehead atoms. The number of fused-ring (bicyclic) bond motifs is 1. The molecule has 0 saturated carbocycles. The Balaban J connectivity index is 2.86. The maximum Gasteiger partial charge on any atom is 0.137 e. The number of hydrogen-bond donors (Lipinski definition) is 0. The Morgan fingerprint density at radius 3 is 3.08 bits per heavy atom. The van der Waals surface area contributed by atoms with E-state index < -0.39 is 0 Å². The molecule has 0 fully saturated rings. The van der Waals surface area contributed by atoms with E-state index in [1.54, 1.807) is 22.9 Å². The molecule has 0 aliphatic carbocycles. The second-order valence-electron chi connectivity index (χ2n) is 2.36. The van der Waals surface area contributed by atoms with Crippen LogP contribution in [0.1, 0.15) is 5.69 Å². The molecule has 0 aliphatic rings. The molecule has 0 radical (unpaired) electrons. The summed E-state index contributed by atoms with van der Waals surface area (Å²) in [5.74, 6) is 2.52.